The number of nitrogens with zero attached hydrogens (tertiary/aromatic N) is 1. The predicted octanol–water partition coefficient (Wildman–Crippen LogP) is 2.75. The monoisotopic (exact) mass is 381 g/mol. The van der Waals surface area contributed by atoms with Gasteiger partial charge in [-0.25, -0.2) is 0 Å². The molecule has 2 heterocycles. The van der Waals surface area contributed by atoms with E-state index in [0.717, 1.165) is 17.5 Å². The highest BCUT2D eigenvalue weighted by molar-refractivity contribution is 6.06. The van der Waals surface area contributed by atoms with E-state index in [1.807, 2.05) is 30.0 Å². The van der Waals surface area contributed by atoms with Gasteiger partial charge in [-0.2, -0.15) is 0 Å². The Morgan fingerprint density at radius 2 is 1.96 bits per heavy atom. The maximum atomic E-state index is 12.9. The number of nitrogens with one attached hydrogen (secondary N) is 2. The number of carbonyl (C=O) groups excluding carboxylic acids is 2. The molecule has 2 fully saturated rings. The number of benzene rings is 1. The topological polar surface area (TPSA) is 82.3 Å². The smallest absolute Gasteiger partial charge is 0.252 e. The minimum Gasteiger partial charge on any atom is -0.347 e. The number of rotatable bonds is 4. The second kappa shape index (κ2) is 7.78. The van der Waals surface area contributed by atoms with Gasteiger partial charge in [0.25, 0.3) is 5.91 Å². The first kappa shape index (κ1) is 18.7. The lowest BCUT2D eigenvalue weighted by Gasteiger charge is -2.27. The summed E-state index contributed by atoms with van der Waals surface area (Å²) < 4.78 is 0. The standard InChI is InChI=1S/C22H27N3O3/c1-14-7-8-19-17(9-14)18(11-20(26)24-19)22(28)23-16-10-21(27)25(13-16)12-15-5-3-2-4-6-15/h7-9,11,15-16H,2-6,10,12-13H2,1H3,(H,23,28)(H,24,26)/t16-/m0/s1. The van der Waals surface area contributed by atoms with Crippen molar-refractivity contribution in [2.75, 3.05) is 13.1 Å². The molecular weight excluding hydrogens is 354 g/mol. The zero-order valence-corrected chi connectivity index (χ0v) is 16.3. The summed E-state index contributed by atoms with van der Waals surface area (Å²) in [5.74, 6) is 0.410. The van der Waals surface area contributed by atoms with Crippen LogP contribution in [-0.4, -0.2) is 40.8 Å². The number of aromatic amines is 1. The van der Waals surface area contributed by atoms with E-state index in [0.29, 0.717) is 30.0 Å². The summed E-state index contributed by atoms with van der Waals surface area (Å²) in [5, 5.41) is 3.70. The van der Waals surface area contributed by atoms with Gasteiger partial charge in [0.15, 0.2) is 0 Å². The fraction of sp³-hybridized carbons (Fsp3) is 0.500. The van der Waals surface area contributed by atoms with Gasteiger partial charge in [0, 0.05) is 36.5 Å². The van der Waals surface area contributed by atoms with Crippen molar-refractivity contribution in [3.05, 3.63) is 45.7 Å². The largest absolute Gasteiger partial charge is 0.347 e. The van der Waals surface area contributed by atoms with Crippen molar-refractivity contribution in [2.24, 2.45) is 5.92 Å². The Labute approximate surface area is 164 Å². The van der Waals surface area contributed by atoms with Crippen LogP contribution in [0.25, 0.3) is 10.9 Å². The molecule has 28 heavy (non-hydrogen) atoms. The van der Waals surface area contributed by atoms with Gasteiger partial charge < -0.3 is 15.2 Å². The van der Waals surface area contributed by atoms with E-state index in [2.05, 4.69) is 10.3 Å². The molecule has 1 aliphatic heterocycles. The summed E-state index contributed by atoms with van der Waals surface area (Å²) >= 11 is 0. The predicted molar refractivity (Wildman–Crippen MR) is 108 cm³/mol. The molecule has 2 amide bonds. The van der Waals surface area contributed by atoms with Crippen molar-refractivity contribution in [1.82, 2.24) is 15.2 Å². The highest BCUT2D eigenvalue weighted by Crippen LogP contribution is 2.26. The molecule has 0 bridgehead atoms. The van der Waals surface area contributed by atoms with E-state index < -0.39 is 0 Å². The van der Waals surface area contributed by atoms with Gasteiger partial charge in [0.2, 0.25) is 11.5 Å². The first-order valence-corrected chi connectivity index (χ1v) is 10.2. The van der Waals surface area contributed by atoms with E-state index in [9.17, 15) is 14.4 Å². The van der Waals surface area contributed by atoms with Gasteiger partial charge >= 0.3 is 0 Å². The zero-order valence-electron chi connectivity index (χ0n) is 16.3. The number of aromatic nitrogens is 1. The highest BCUT2D eigenvalue weighted by atomic mass is 16.2. The summed E-state index contributed by atoms with van der Waals surface area (Å²) in [5.41, 5.74) is 1.72. The number of fused-ring (bicyclic) bond motifs is 1. The number of H-pyrrole nitrogens is 1. The third-order valence-electron chi connectivity index (χ3n) is 6.00. The third kappa shape index (κ3) is 3.96. The van der Waals surface area contributed by atoms with Gasteiger partial charge in [-0.05, 0) is 37.8 Å². The molecule has 1 saturated heterocycles. The molecule has 2 aliphatic rings. The van der Waals surface area contributed by atoms with Gasteiger partial charge in [-0.3, -0.25) is 14.4 Å². The molecule has 6 heteroatoms. The number of pyridine rings is 1. The Kier molecular flexibility index (Phi) is 5.20. The van der Waals surface area contributed by atoms with E-state index >= 15 is 0 Å². The third-order valence-corrected chi connectivity index (χ3v) is 6.00. The van der Waals surface area contributed by atoms with Gasteiger partial charge in [0.05, 0.1) is 11.6 Å². The van der Waals surface area contributed by atoms with Crippen molar-refractivity contribution in [2.45, 2.75) is 51.5 Å². The van der Waals surface area contributed by atoms with E-state index in [-0.39, 0.29) is 23.4 Å². The maximum absolute atomic E-state index is 12.9. The highest BCUT2D eigenvalue weighted by Gasteiger charge is 2.32. The molecule has 0 radical (unpaired) electrons. The van der Waals surface area contributed by atoms with Crippen LogP contribution in [0.5, 0.6) is 0 Å². The van der Waals surface area contributed by atoms with Crippen LogP contribution in [0.2, 0.25) is 0 Å². The molecule has 1 aromatic carbocycles. The van der Waals surface area contributed by atoms with Crippen LogP contribution >= 0.6 is 0 Å². The summed E-state index contributed by atoms with van der Waals surface area (Å²) in [7, 11) is 0. The number of aryl methyl sites for hydroxylation is 1. The van der Waals surface area contributed by atoms with Crippen molar-refractivity contribution in [1.29, 1.82) is 0 Å². The first-order chi connectivity index (χ1) is 13.5. The van der Waals surface area contributed by atoms with Gasteiger partial charge in [-0.15, -0.1) is 0 Å². The lowest BCUT2D eigenvalue weighted by atomic mass is 9.89. The molecule has 0 spiro atoms. The van der Waals surface area contributed by atoms with Crippen LogP contribution in [0.1, 0.15) is 54.4 Å². The van der Waals surface area contributed by atoms with Gasteiger partial charge in [-0.1, -0.05) is 30.9 Å². The molecule has 1 aromatic heterocycles. The van der Waals surface area contributed by atoms with E-state index in [1.54, 1.807) is 0 Å². The average molecular weight is 381 g/mol. The fourth-order valence-corrected chi connectivity index (χ4v) is 4.55. The summed E-state index contributed by atoms with van der Waals surface area (Å²) in [6, 6.07) is 6.75. The quantitative estimate of drug-likeness (QED) is 0.854. The average Bonchev–Trinajstić information content (AvgIpc) is 3.01. The second-order valence-electron chi connectivity index (χ2n) is 8.27. The fourth-order valence-electron chi connectivity index (χ4n) is 4.55. The number of hydrogen-bond donors (Lipinski definition) is 2. The minimum atomic E-state index is -0.303. The molecule has 1 atom stereocenters. The van der Waals surface area contributed by atoms with Gasteiger partial charge in [0.1, 0.15) is 0 Å². The Morgan fingerprint density at radius 1 is 1.18 bits per heavy atom. The minimum absolute atomic E-state index is 0.113. The summed E-state index contributed by atoms with van der Waals surface area (Å²) in [4.78, 5) is 41.9. The Balaban J connectivity index is 1.47. The lowest BCUT2D eigenvalue weighted by molar-refractivity contribution is -0.128. The van der Waals surface area contributed by atoms with E-state index in [4.69, 9.17) is 0 Å². The van der Waals surface area contributed by atoms with Crippen molar-refractivity contribution in [3.63, 3.8) is 0 Å². The molecule has 0 unspecified atom stereocenters. The normalized spacial score (nSPS) is 20.7. The van der Waals surface area contributed by atoms with Crippen molar-refractivity contribution in [3.8, 4) is 0 Å². The molecular formula is C22H27N3O3. The number of likely N-dealkylation sites (tertiary alicyclic amines) is 1. The van der Waals surface area contributed by atoms with E-state index in [1.165, 1.54) is 38.2 Å². The number of carbonyl (C=O) groups is 2. The van der Waals surface area contributed by atoms with Crippen molar-refractivity contribution < 1.29 is 9.59 Å². The van der Waals surface area contributed by atoms with Crippen LogP contribution in [0.4, 0.5) is 0 Å². The molecule has 1 saturated carbocycles. The molecule has 148 valence electrons. The molecule has 6 nitrogen and oxygen atoms in total. The molecule has 2 aromatic rings. The Bertz CT molecular complexity index is 959. The first-order valence-electron chi connectivity index (χ1n) is 10.2. The Hall–Kier alpha value is -2.63. The van der Waals surface area contributed by atoms with Crippen molar-refractivity contribution >= 4 is 22.7 Å². The summed E-state index contributed by atoms with van der Waals surface area (Å²) in [6.07, 6.45) is 6.52. The maximum Gasteiger partial charge on any atom is 0.252 e. The molecule has 1 aliphatic carbocycles. The summed E-state index contributed by atoms with van der Waals surface area (Å²) in [6.45, 7) is 3.31. The Morgan fingerprint density at radius 3 is 2.75 bits per heavy atom. The van der Waals surface area contributed by atoms with Crippen LogP contribution in [-0.2, 0) is 4.79 Å². The zero-order chi connectivity index (χ0) is 19.7. The SMILES string of the molecule is Cc1ccc2[nH]c(=O)cc(C(=O)N[C@H]3CC(=O)N(CC4CCCCC4)C3)c2c1. The number of hydrogen-bond acceptors (Lipinski definition) is 3. The second-order valence-corrected chi connectivity index (χ2v) is 8.27. The lowest BCUT2D eigenvalue weighted by Crippen LogP contribution is -2.38. The van der Waals surface area contributed by atoms with Crippen LogP contribution in [0.3, 0.4) is 0 Å². The van der Waals surface area contributed by atoms with Crippen LogP contribution in [0, 0.1) is 12.8 Å². The molecule has 2 N–H and O–H groups in total. The van der Waals surface area contributed by atoms with Crippen LogP contribution < -0.4 is 10.9 Å². The molecule has 4 rings (SSSR count). The van der Waals surface area contributed by atoms with Crippen LogP contribution in [0.15, 0.2) is 29.1 Å². The number of amides is 2.